The summed E-state index contributed by atoms with van der Waals surface area (Å²) in [7, 11) is 0. The molecule has 0 aromatic rings. The van der Waals surface area contributed by atoms with E-state index in [0.717, 1.165) is 37.9 Å². The minimum absolute atomic E-state index is 0.116. The van der Waals surface area contributed by atoms with Crippen molar-refractivity contribution in [3.8, 4) is 0 Å². The van der Waals surface area contributed by atoms with Crippen LogP contribution in [0.5, 0.6) is 0 Å². The van der Waals surface area contributed by atoms with E-state index in [1.54, 1.807) is 4.90 Å². The molecule has 0 aromatic carbocycles. The fourth-order valence-electron chi connectivity index (χ4n) is 4.68. The summed E-state index contributed by atoms with van der Waals surface area (Å²) in [6, 6.07) is 0.480. The third-order valence-corrected chi connectivity index (χ3v) is 5.47. The Labute approximate surface area is 118 Å². The van der Waals surface area contributed by atoms with Crippen LogP contribution in [-0.2, 0) is 14.3 Å². The molecule has 0 aromatic heterocycles. The highest BCUT2D eigenvalue weighted by Gasteiger charge is 2.57. The van der Waals surface area contributed by atoms with Crippen LogP contribution < -0.4 is 5.32 Å². The molecule has 5 nitrogen and oxygen atoms in total. The molecule has 3 unspecified atom stereocenters. The lowest BCUT2D eigenvalue weighted by Gasteiger charge is -2.42. The van der Waals surface area contributed by atoms with E-state index >= 15 is 0 Å². The third kappa shape index (κ3) is 1.65. The molecule has 20 heavy (non-hydrogen) atoms. The summed E-state index contributed by atoms with van der Waals surface area (Å²) in [6.07, 6.45) is 6.58. The van der Waals surface area contributed by atoms with Crippen molar-refractivity contribution in [2.24, 2.45) is 5.41 Å². The van der Waals surface area contributed by atoms with E-state index in [0.29, 0.717) is 6.04 Å². The van der Waals surface area contributed by atoms with Gasteiger partial charge in [-0.15, -0.1) is 0 Å². The molecule has 108 valence electrons. The number of amides is 1. The fourth-order valence-corrected chi connectivity index (χ4v) is 4.68. The van der Waals surface area contributed by atoms with Gasteiger partial charge in [-0.3, -0.25) is 4.79 Å². The van der Waals surface area contributed by atoms with Crippen molar-refractivity contribution in [3.63, 3.8) is 0 Å². The van der Waals surface area contributed by atoms with Crippen LogP contribution in [0.25, 0.3) is 0 Å². The van der Waals surface area contributed by atoms with Crippen molar-refractivity contribution in [3.05, 3.63) is 11.8 Å². The second kappa shape index (κ2) is 3.85. The molecule has 0 saturated carbocycles. The van der Waals surface area contributed by atoms with E-state index in [-0.39, 0.29) is 29.4 Å². The van der Waals surface area contributed by atoms with Gasteiger partial charge in [0.2, 0.25) is 5.91 Å². The summed E-state index contributed by atoms with van der Waals surface area (Å²) in [6.45, 7) is 3.22. The summed E-state index contributed by atoms with van der Waals surface area (Å²) in [4.78, 5) is 25.9. The highest BCUT2D eigenvalue weighted by molar-refractivity contribution is 5.91. The number of nitrogens with one attached hydrogen (secondary N) is 1. The summed E-state index contributed by atoms with van der Waals surface area (Å²) in [5, 5.41) is 3.67. The standard InChI is InChI=1S/C15H20N2O3/c1-14-3-2-10(16-14)7-15(9-14)4-5-17(13(15)19)11-6-12(18)20-8-11/h6,10,16H,2-5,7-9H2,1H3. The molecule has 0 aliphatic carbocycles. The maximum absolute atomic E-state index is 12.9. The van der Waals surface area contributed by atoms with E-state index in [4.69, 9.17) is 4.74 Å². The van der Waals surface area contributed by atoms with Crippen LogP contribution in [0.1, 0.15) is 39.0 Å². The SMILES string of the molecule is CC12CCC(CC3(CCN(C4=CC(=O)OC4)C3=O)C1)N2. The van der Waals surface area contributed by atoms with Gasteiger partial charge in [0, 0.05) is 24.2 Å². The molecule has 0 radical (unpaired) electrons. The van der Waals surface area contributed by atoms with Gasteiger partial charge in [-0.25, -0.2) is 4.79 Å². The van der Waals surface area contributed by atoms with Crippen LogP contribution in [0.2, 0.25) is 0 Å². The predicted molar refractivity (Wildman–Crippen MR) is 71.6 cm³/mol. The summed E-state index contributed by atoms with van der Waals surface area (Å²) < 4.78 is 4.94. The van der Waals surface area contributed by atoms with Crippen LogP contribution in [0.4, 0.5) is 0 Å². The van der Waals surface area contributed by atoms with Crippen molar-refractivity contribution in [1.29, 1.82) is 0 Å². The smallest absolute Gasteiger partial charge is 0.333 e. The number of likely N-dealkylation sites (tertiary alicyclic amines) is 1. The predicted octanol–water partition coefficient (Wildman–Crippen LogP) is 0.950. The first kappa shape index (κ1) is 12.4. The van der Waals surface area contributed by atoms with Crippen LogP contribution in [0.15, 0.2) is 11.8 Å². The quantitative estimate of drug-likeness (QED) is 0.724. The molecular weight excluding hydrogens is 256 g/mol. The number of rotatable bonds is 1. The van der Waals surface area contributed by atoms with Gasteiger partial charge in [-0.05, 0) is 39.0 Å². The van der Waals surface area contributed by atoms with Crippen LogP contribution in [0, 0.1) is 5.41 Å². The number of fused-ring (bicyclic) bond motifs is 2. The highest BCUT2D eigenvalue weighted by atomic mass is 16.5. The molecular formula is C15H20N2O3. The first-order chi connectivity index (χ1) is 9.50. The van der Waals surface area contributed by atoms with Crippen LogP contribution >= 0.6 is 0 Å². The third-order valence-electron chi connectivity index (χ3n) is 5.47. The normalized spacial score (nSPS) is 43.4. The largest absolute Gasteiger partial charge is 0.456 e. The van der Waals surface area contributed by atoms with E-state index in [1.807, 2.05) is 0 Å². The van der Waals surface area contributed by atoms with Gasteiger partial charge in [-0.1, -0.05) is 0 Å². The van der Waals surface area contributed by atoms with Crippen molar-refractivity contribution in [2.45, 2.75) is 50.6 Å². The van der Waals surface area contributed by atoms with E-state index in [9.17, 15) is 9.59 Å². The number of esters is 1. The van der Waals surface area contributed by atoms with Crippen molar-refractivity contribution in [2.75, 3.05) is 13.2 Å². The van der Waals surface area contributed by atoms with Crippen LogP contribution in [0.3, 0.4) is 0 Å². The molecule has 3 saturated heterocycles. The number of ether oxygens (including phenoxy) is 1. The molecule has 2 bridgehead atoms. The average Bonchev–Trinajstić information content (AvgIpc) is 3.01. The number of cyclic esters (lactones) is 1. The second-order valence-corrected chi connectivity index (χ2v) is 7.05. The molecule has 3 atom stereocenters. The maximum Gasteiger partial charge on any atom is 0.333 e. The lowest BCUT2D eigenvalue weighted by Crippen LogP contribution is -2.54. The lowest BCUT2D eigenvalue weighted by molar-refractivity contribution is -0.138. The molecule has 5 heteroatoms. The number of hydrogen-bond donors (Lipinski definition) is 1. The van der Waals surface area contributed by atoms with E-state index in [2.05, 4.69) is 12.2 Å². The van der Waals surface area contributed by atoms with E-state index < -0.39 is 0 Å². The van der Waals surface area contributed by atoms with Crippen LogP contribution in [-0.4, -0.2) is 41.5 Å². The number of nitrogens with zero attached hydrogens (tertiary/aromatic N) is 1. The second-order valence-electron chi connectivity index (χ2n) is 7.05. The molecule has 1 N–H and O–H groups in total. The fraction of sp³-hybridized carbons (Fsp3) is 0.733. The number of piperidine rings is 1. The van der Waals surface area contributed by atoms with Gasteiger partial charge >= 0.3 is 5.97 Å². The van der Waals surface area contributed by atoms with Gasteiger partial charge < -0.3 is 15.0 Å². The molecule has 4 aliphatic heterocycles. The summed E-state index contributed by atoms with van der Waals surface area (Å²) >= 11 is 0. The molecule has 4 heterocycles. The number of carbonyl (C=O) groups is 2. The van der Waals surface area contributed by atoms with Crippen molar-refractivity contribution >= 4 is 11.9 Å². The van der Waals surface area contributed by atoms with E-state index in [1.165, 1.54) is 12.5 Å². The molecule has 3 fully saturated rings. The zero-order chi connectivity index (χ0) is 14.0. The minimum Gasteiger partial charge on any atom is -0.456 e. The molecule has 4 rings (SSSR count). The van der Waals surface area contributed by atoms with Gasteiger partial charge in [-0.2, -0.15) is 0 Å². The van der Waals surface area contributed by atoms with Gasteiger partial charge in [0.25, 0.3) is 0 Å². The highest BCUT2D eigenvalue weighted by Crippen LogP contribution is 2.51. The van der Waals surface area contributed by atoms with Gasteiger partial charge in [0.15, 0.2) is 0 Å². The first-order valence-corrected chi connectivity index (χ1v) is 7.47. The summed E-state index contributed by atoms with van der Waals surface area (Å²) in [5.41, 5.74) is 0.645. The summed E-state index contributed by atoms with van der Waals surface area (Å²) in [5.74, 6) is -0.118. The van der Waals surface area contributed by atoms with Gasteiger partial charge in [0.05, 0.1) is 11.1 Å². The number of carbonyl (C=O) groups excluding carboxylic acids is 2. The zero-order valence-corrected chi connectivity index (χ0v) is 11.8. The first-order valence-electron chi connectivity index (χ1n) is 7.47. The Bertz CT molecular complexity index is 529. The Morgan fingerprint density at radius 2 is 2.25 bits per heavy atom. The minimum atomic E-state index is -0.328. The monoisotopic (exact) mass is 276 g/mol. The Morgan fingerprint density at radius 3 is 2.95 bits per heavy atom. The number of hydrogen-bond acceptors (Lipinski definition) is 4. The maximum atomic E-state index is 12.9. The lowest BCUT2D eigenvalue weighted by atomic mass is 9.70. The Balaban J connectivity index is 1.61. The molecule has 1 spiro atoms. The molecule has 1 amide bonds. The van der Waals surface area contributed by atoms with Gasteiger partial charge in [0.1, 0.15) is 6.61 Å². The Hall–Kier alpha value is -1.36. The Kier molecular flexibility index (Phi) is 2.38. The average molecular weight is 276 g/mol. The topological polar surface area (TPSA) is 58.6 Å². The van der Waals surface area contributed by atoms with Crippen molar-refractivity contribution < 1.29 is 14.3 Å². The zero-order valence-electron chi connectivity index (χ0n) is 11.8. The molecule has 4 aliphatic rings. The van der Waals surface area contributed by atoms with Crippen molar-refractivity contribution in [1.82, 2.24) is 10.2 Å². The Morgan fingerprint density at radius 1 is 1.40 bits per heavy atom.